The van der Waals surface area contributed by atoms with Crippen molar-refractivity contribution in [2.24, 2.45) is 0 Å². The maximum absolute atomic E-state index is 13.0. The minimum Gasteiger partial charge on any atom is -0.461 e. The van der Waals surface area contributed by atoms with Crippen molar-refractivity contribution in [2.75, 3.05) is 37.7 Å². The van der Waals surface area contributed by atoms with Crippen LogP contribution in [-0.2, 0) is 4.74 Å². The second kappa shape index (κ2) is 7.55. The molecule has 138 valence electrons. The second-order valence-electron chi connectivity index (χ2n) is 6.17. The van der Waals surface area contributed by atoms with Gasteiger partial charge in [-0.3, -0.25) is 4.79 Å². The number of aryl methyl sites for hydroxylation is 1. The summed E-state index contributed by atoms with van der Waals surface area (Å²) in [4.78, 5) is 40.4. The number of H-pyrrole nitrogens is 1. The molecular weight excluding hydrogens is 334 g/mol. The molecule has 26 heavy (non-hydrogen) atoms. The van der Waals surface area contributed by atoms with Crippen LogP contribution in [0.1, 0.15) is 39.0 Å². The predicted molar refractivity (Wildman–Crippen MR) is 96.4 cm³/mol. The third kappa shape index (κ3) is 3.40. The molecule has 1 amide bonds. The number of hydrogen-bond donors (Lipinski definition) is 1. The first-order valence-corrected chi connectivity index (χ1v) is 8.70. The molecule has 1 saturated heterocycles. The van der Waals surface area contributed by atoms with Crippen molar-refractivity contribution >= 4 is 17.8 Å². The highest BCUT2D eigenvalue weighted by atomic mass is 16.5. The maximum atomic E-state index is 13.0. The first-order chi connectivity index (χ1) is 12.5. The van der Waals surface area contributed by atoms with Crippen LogP contribution >= 0.6 is 0 Å². The van der Waals surface area contributed by atoms with Crippen molar-refractivity contribution in [3.8, 4) is 0 Å². The fourth-order valence-corrected chi connectivity index (χ4v) is 3.20. The van der Waals surface area contributed by atoms with Crippen LogP contribution in [0.4, 0.5) is 5.95 Å². The van der Waals surface area contributed by atoms with Gasteiger partial charge in [0, 0.05) is 44.3 Å². The van der Waals surface area contributed by atoms with Crippen LogP contribution < -0.4 is 4.90 Å². The van der Waals surface area contributed by atoms with Gasteiger partial charge in [0.05, 0.1) is 12.2 Å². The van der Waals surface area contributed by atoms with E-state index in [1.54, 1.807) is 44.1 Å². The second-order valence-corrected chi connectivity index (χ2v) is 6.17. The molecule has 0 spiro atoms. The normalized spacial score (nSPS) is 14.4. The Kier molecular flexibility index (Phi) is 5.20. The molecule has 1 aliphatic heterocycles. The summed E-state index contributed by atoms with van der Waals surface area (Å²) in [5.41, 5.74) is 2.23. The van der Waals surface area contributed by atoms with Crippen molar-refractivity contribution in [2.45, 2.75) is 20.8 Å². The summed E-state index contributed by atoms with van der Waals surface area (Å²) in [6.07, 6.45) is 3.42. The van der Waals surface area contributed by atoms with Crippen LogP contribution in [0.3, 0.4) is 0 Å². The van der Waals surface area contributed by atoms with Crippen molar-refractivity contribution in [3.05, 3.63) is 41.0 Å². The Morgan fingerprint density at radius 2 is 1.81 bits per heavy atom. The van der Waals surface area contributed by atoms with E-state index in [-0.39, 0.29) is 5.91 Å². The third-order valence-electron chi connectivity index (χ3n) is 4.53. The average molecular weight is 357 g/mol. The molecule has 0 aliphatic carbocycles. The number of aromatic nitrogens is 3. The zero-order valence-electron chi connectivity index (χ0n) is 15.3. The highest BCUT2D eigenvalue weighted by molar-refractivity contribution is 6.01. The molecule has 3 heterocycles. The highest BCUT2D eigenvalue weighted by Gasteiger charge is 2.28. The van der Waals surface area contributed by atoms with Crippen LogP contribution in [0.15, 0.2) is 18.5 Å². The molecule has 2 aromatic heterocycles. The standard InChI is InChI=1S/C18H23N5O3/c1-4-26-17(25)15-12(2)14(13(3)21-15)16(24)22-8-10-23(11-9-22)18-19-6-5-7-20-18/h5-7,21H,4,8-11H2,1-3H3. The van der Waals surface area contributed by atoms with E-state index >= 15 is 0 Å². The van der Waals surface area contributed by atoms with E-state index in [1.807, 2.05) is 0 Å². The molecule has 8 heteroatoms. The Morgan fingerprint density at radius 1 is 1.15 bits per heavy atom. The molecule has 0 aromatic carbocycles. The van der Waals surface area contributed by atoms with Crippen LogP contribution in [0, 0.1) is 13.8 Å². The molecule has 0 unspecified atom stereocenters. The fourth-order valence-electron chi connectivity index (χ4n) is 3.20. The highest BCUT2D eigenvalue weighted by Crippen LogP contribution is 2.22. The van der Waals surface area contributed by atoms with Gasteiger partial charge in [-0.05, 0) is 32.4 Å². The summed E-state index contributed by atoms with van der Waals surface area (Å²) in [6, 6.07) is 1.78. The van der Waals surface area contributed by atoms with Gasteiger partial charge in [0.1, 0.15) is 5.69 Å². The molecule has 1 fully saturated rings. The monoisotopic (exact) mass is 357 g/mol. The quantitative estimate of drug-likeness (QED) is 0.835. The molecule has 8 nitrogen and oxygen atoms in total. The number of aromatic amines is 1. The Bertz CT molecular complexity index is 795. The topological polar surface area (TPSA) is 91.4 Å². The van der Waals surface area contributed by atoms with Gasteiger partial charge >= 0.3 is 5.97 Å². The van der Waals surface area contributed by atoms with Gasteiger partial charge in [0.2, 0.25) is 5.95 Å². The van der Waals surface area contributed by atoms with Gasteiger partial charge < -0.3 is 19.5 Å². The molecule has 1 N–H and O–H groups in total. The number of carbonyl (C=O) groups excluding carboxylic acids is 2. The number of carbonyl (C=O) groups is 2. The van der Waals surface area contributed by atoms with Crippen LogP contribution in [0.5, 0.6) is 0 Å². The molecule has 3 rings (SSSR count). The molecule has 0 radical (unpaired) electrons. The number of ether oxygens (including phenoxy) is 1. The summed E-state index contributed by atoms with van der Waals surface area (Å²) < 4.78 is 5.05. The van der Waals surface area contributed by atoms with E-state index in [0.29, 0.717) is 61.2 Å². The molecule has 0 saturated carbocycles. The molecule has 0 atom stereocenters. The summed E-state index contributed by atoms with van der Waals surface area (Å²) in [6.45, 7) is 8.13. The van der Waals surface area contributed by atoms with Gasteiger partial charge in [0.25, 0.3) is 5.91 Å². The van der Waals surface area contributed by atoms with Crippen molar-refractivity contribution in [1.29, 1.82) is 0 Å². The lowest BCUT2D eigenvalue weighted by molar-refractivity contribution is 0.0519. The molecule has 1 aliphatic rings. The fraction of sp³-hybridized carbons (Fsp3) is 0.444. The minimum atomic E-state index is -0.432. The first-order valence-electron chi connectivity index (χ1n) is 8.70. The van der Waals surface area contributed by atoms with Gasteiger partial charge in [-0.25, -0.2) is 14.8 Å². The van der Waals surface area contributed by atoms with Crippen LogP contribution in [-0.4, -0.2) is 64.5 Å². The Hall–Kier alpha value is -2.90. The van der Waals surface area contributed by atoms with E-state index in [1.165, 1.54) is 0 Å². The number of piperazine rings is 1. The average Bonchev–Trinajstić information content (AvgIpc) is 2.96. The summed E-state index contributed by atoms with van der Waals surface area (Å²) in [5, 5.41) is 0. The van der Waals surface area contributed by atoms with Crippen molar-refractivity contribution < 1.29 is 14.3 Å². The van der Waals surface area contributed by atoms with E-state index < -0.39 is 5.97 Å². The SMILES string of the molecule is CCOC(=O)c1[nH]c(C)c(C(=O)N2CCN(c3ncccn3)CC2)c1C. The zero-order chi connectivity index (χ0) is 18.7. The lowest BCUT2D eigenvalue weighted by atomic mass is 10.1. The van der Waals surface area contributed by atoms with E-state index in [9.17, 15) is 9.59 Å². The van der Waals surface area contributed by atoms with Gasteiger partial charge in [-0.2, -0.15) is 0 Å². The Labute approximate surface area is 152 Å². The number of hydrogen-bond acceptors (Lipinski definition) is 6. The Balaban J connectivity index is 1.72. The van der Waals surface area contributed by atoms with Crippen LogP contribution in [0.2, 0.25) is 0 Å². The molecular formula is C18H23N5O3. The number of rotatable bonds is 4. The van der Waals surface area contributed by atoms with Crippen LogP contribution in [0.25, 0.3) is 0 Å². The maximum Gasteiger partial charge on any atom is 0.355 e. The lowest BCUT2D eigenvalue weighted by Crippen LogP contribution is -2.49. The summed E-state index contributed by atoms with van der Waals surface area (Å²) in [7, 11) is 0. The summed E-state index contributed by atoms with van der Waals surface area (Å²) >= 11 is 0. The number of amides is 1. The minimum absolute atomic E-state index is 0.0690. The van der Waals surface area contributed by atoms with E-state index in [4.69, 9.17) is 4.74 Å². The van der Waals surface area contributed by atoms with Gasteiger partial charge in [-0.15, -0.1) is 0 Å². The van der Waals surface area contributed by atoms with E-state index in [2.05, 4.69) is 19.9 Å². The molecule has 2 aromatic rings. The van der Waals surface area contributed by atoms with Gasteiger partial charge in [-0.1, -0.05) is 0 Å². The smallest absolute Gasteiger partial charge is 0.355 e. The third-order valence-corrected chi connectivity index (χ3v) is 4.53. The van der Waals surface area contributed by atoms with Crippen molar-refractivity contribution in [3.63, 3.8) is 0 Å². The number of anilines is 1. The Morgan fingerprint density at radius 3 is 2.42 bits per heavy atom. The first kappa shape index (κ1) is 17.9. The number of nitrogens with zero attached hydrogens (tertiary/aromatic N) is 4. The molecule has 0 bridgehead atoms. The number of esters is 1. The number of nitrogens with one attached hydrogen (secondary N) is 1. The van der Waals surface area contributed by atoms with Gasteiger partial charge in [0.15, 0.2) is 0 Å². The van der Waals surface area contributed by atoms with Crippen molar-refractivity contribution in [1.82, 2.24) is 19.9 Å². The predicted octanol–water partition coefficient (Wildman–Crippen LogP) is 1.56. The largest absolute Gasteiger partial charge is 0.461 e. The van der Waals surface area contributed by atoms with E-state index in [0.717, 1.165) is 0 Å². The zero-order valence-corrected chi connectivity index (χ0v) is 15.3. The summed E-state index contributed by atoms with van der Waals surface area (Å²) in [5.74, 6) is 0.178. The lowest BCUT2D eigenvalue weighted by Gasteiger charge is -2.34.